The maximum Gasteiger partial charge on any atom is 0.272 e. The van der Waals surface area contributed by atoms with Crippen molar-refractivity contribution in [1.82, 2.24) is 4.90 Å². The number of nitro benzene ring substituents is 1. The number of carbonyl (C=O) groups is 1. The molecule has 0 radical (unpaired) electrons. The highest BCUT2D eigenvalue weighted by molar-refractivity contribution is 5.79. The molecule has 0 aromatic heterocycles. The molecule has 1 saturated heterocycles. The molecule has 7 heteroatoms. The van der Waals surface area contributed by atoms with E-state index < -0.39 is 10.7 Å². The van der Waals surface area contributed by atoms with Crippen molar-refractivity contribution in [3.63, 3.8) is 0 Å². The van der Waals surface area contributed by atoms with Gasteiger partial charge in [0.1, 0.15) is 5.82 Å². The third-order valence-corrected chi connectivity index (χ3v) is 2.95. The Morgan fingerprint density at radius 3 is 2.68 bits per heavy atom. The van der Waals surface area contributed by atoms with Gasteiger partial charge in [-0.2, -0.15) is 0 Å². The Kier molecular flexibility index (Phi) is 4.06. The summed E-state index contributed by atoms with van der Waals surface area (Å²) in [6.45, 7) is 1.95. The molecule has 1 aromatic carbocycles. The number of amides is 1. The van der Waals surface area contributed by atoms with Crippen molar-refractivity contribution >= 4 is 11.6 Å². The second kappa shape index (κ2) is 5.75. The molecule has 0 N–H and O–H groups in total. The Balaban J connectivity index is 2.06. The average Bonchev–Trinajstić information content (AvgIpc) is 2.41. The Morgan fingerprint density at radius 1 is 1.42 bits per heavy atom. The number of nitrogens with zero attached hydrogens (tertiary/aromatic N) is 2. The van der Waals surface area contributed by atoms with E-state index in [0.29, 0.717) is 26.3 Å². The molecule has 6 nitrogen and oxygen atoms in total. The molecule has 1 aromatic rings. The van der Waals surface area contributed by atoms with Crippen LogP contribution in [0.15, 0.2) is 18.2 Å². The van der Waals surface area contributed by atoms with Gasteiger partial charge in [0.2, 0.25) is 5.91 Å². The van der Waals surface area contributed by atoms with Gasteiger partial charge in [-0.1, -0.05) is 0 Å². The molecule has 1 aliphatic rings. The first kappa shape index (κ1) is 13.4. The van der Waals surface area contributed by atoms with E-state index in [4.69, 9.17) is 4.74 Å². The molecular formula is C12H13FN2O4. The Morgan fingerprint density at radius 2 is 2.11 bits per heavy atom. The van der Waals surface area contributed by atoms with Crippen molar-refractivity contribution in [2.45, 2.75) is 6.42 Å². The number of nitro groups is 1. The number of hydrogen-bond donors (Lipinski definition) is 0. The highest BCUT2D eigenvalue weighted by Crippen LogP contribution is 2.17. The molecule has 1 aliphatic heterocycles. The summed E-state index contributed by atoms with van der Waals surface area (Å²) in [6, 6.07) is 3.32. The quantitative estimate of drug-likeness (QED) is 0.608. The molecule has 0 bridgehead atoms. The lowest BCUT2D eigenvalue weighted by Gasteiger charge is -2.26. The molecule has 0 aliphatic carbocycles. The lowest BCUT2D eigenvalue weighted by molar-refractivity contribution is -0.385. The molecule has 0 atom stereocenters. The van der Waals surface area contributed by atoms with Gasteiger partial charge in [-0.05, 0) is 11.6 Å². The predicted octanol–water partition coefficient (Wildman–Crippen LogP) is 1.14. The summed E-state index contributed by atoms with van der Waals surface area (Å²) in [4.78, 5) is 23.3. The van der Waals surface area contributed by atoms with E-state index in [2.05, 4.69) is 0 Å². The predicted molar refractivity (Wildman–Crippen MR) is 64.2 cm³/mol. The smallest absolute Gasteiger partial charge is 0.272 e. The SMILES string of the molecule is O=C(Cc1ccc([N+](=O)[O-])cc1F)N1CCOCC1. The molecule has 1 fully saturated rings. The van der Waals surface area contributed by atoms with Crippen LogP contribution in [0.2, 0.25) is 0 Å². The maximum absolute atomic E-state index is 13.6. The van der Waals surface area contributed by atoms with Crippen molar-refractivity contribution in [3.8, 4) is 0 Å². The van der Waals surface area contributed by atoms with Crippen LogP contribution in [0.4, 0.5) is 10.1 Å². The van der Waals surface area contributed by atoms with Gasteiger partial charge in [-0.25, -0.2) is 4.39 Å². The fourth-order valence-electron chi connectivity index (χ4n) is 1.88. The van der Waals surface area contributed by atoms with Crippen molar-refractivity contribution < 1.29 is 18.8 Å². The molecule has 102 valence electrons. The molecule has 1 heterocycles. The van der Waals surface area contributed by atoms with Crippen LogP contribution in [0.25, 0.3) is 0 Å². The summed E-state index contributed by atoms with van der Waals surface area (Å²) in [5.41, 5.74) is -0.151. The second-order valence-corrected chi connectivity index (χ2v) is 4.20. The van der Waals surface area contributed by atoms with Crippen LogP contribution in [0.3, 0.4) is 0 Å². The molecule has 0 saturated carbocycles. The van der Waals surface area contributed by atoms with E-state index in [0.717, 1.165) is 6.07 Å². The minimum Gasteiger partial charge on any atom is -0.378 e. The molecule has 19 heavy (non-hydrogen) atoms. The van der Waals surface area contributed by atoms with Gasteiger partial charge in [-0.3, -0.25) is 14.9 Å². The third kappa shape index (κ3) is 3.25. The largest absolute Gasteiger partial charge is 0.378 e. The van der Waals surface area contributed by atoms with Crippen molar-refractivity contribution in [2.75, 3.05) is 26.3 Å². The van der Waals surface area contributed by atoms with Crippen LogP contribution in [0, 0.1) is 15.9 Å². The number of halogens is 1. The summed E-state index contributed by atoms with van der Waals surface area (Å²) >= 11 is 0. The second-order valence-electron chi connectivity index (χ2n) is 4.20. The summed E-state index contributed by atoms with van der Waals surface area (Å²) in [5, 5.41) is 10.5. The van der Waals surface area contributed by atoms with Crippen LogP contribution >= 0.6 is 0 Å². The first-order valence-electron chi connectivity index (χ1n) is 5.86. The third-order valence-electron chi connectivity index (χ3n) is 2.95. The van der Waals surface area contributed by atoms with Crippen LogP contribution in [0.5, 0.6) is 0 Å². The van der Waals surface area contributed by atoms with Crippen molar-refractivity contribution in [1.29, 1.82) is 0 Å². The molecule has 1 amide bonds. The highest BCUT2D eigenvalue weighted by Gasteiger charge is 2.19. The summed E-state index contributed by atoms with van der Waals surface area (Å²) in [6.07, 6.45) is -0.0934. The Bertz CT molecular complexity index is 501. The lowest BCUT2D eigenvalue weighted by Crippen LogP contribution is -2.41. The lowest BCUT2D eigenvalue weighted by atomic mass is 10.1. The Hall–Kier alpha value is -2.02. The van der Waals surface area contributed by atoms with E-state index in [9.17, 15) is 19.3 Å². The Labute approximate surface area is 108 Å². The fraction of sp³-hybridized carbons (Fsp3) is 0.417. The molecular weight excluding hydrogens is 255 g/mol. The molecule has 2 rings (SSSR count). The highest BCUT2D eigenvalue weighted by atomic mass is 19.1. The number of hydrogen-bond acceptors (Lipinski definition) is 4. The first-order chi connectivity index (χ1) is 9.08. The fourth-order valence-corrected chi connectivity index (χ4v) is 1.88. The zero-order valence-electron chi connectivity index (χ0n) is 10.2. The number of benzene rings is 1. The molecule has 0 spiro atoms. The van der Waals surface area contributed by atoms with E-state index in [1.54, 1.807) is 4.90 Å². The van der Waals surface area contributed by atoms with Gasteiger partial charge in [0.15, 0.2) is 0 Å². The maximum atomic E-state index is 13.6. The number of ether oxygens (including phenoxy) is 1. The zero-order chi connectivity index (χ0) is 13.8. The summed E-state index contributed by atoms with van der Waals surface area (Å²) in [5.74, 6) is -0.924. The minimum atomic E-state index is -0.726. The van der Waals surface area contributed by atoms with Gasteiger partial charge in [0, 0.05) is 19.2 Å². The van der Waals surface area contributed by atoms with Crippen LogP contribution in [0.1, 0.15) is 5.56 Å². The number of morpholine rings is 1. The monoisotopic (exact) mass is 268 g/mol. The van der Waals surface area contributed by atoms with Crippen LogP contribution < -0.4 is 0 Å². The van der Waals surface area contributed by atoms with Gasteiger partial charge in [0.25, 0.3) is 5.69 Å². The topological polar surface area (TPSA) is 72.7 Å². The van der Waals surface area contributed by atoms with Gasteiger partial charge < -0.3 is 9.64 Å². The number of rotatable bonds is 3. The molecule has 0 unspecified atom stereocenters. The van der Waals surface area contributed by atoms with Gasteiger partial charge in [-0.15, -0.1) is 0 Å². The van der Waals surface area contributed by atoms with E-state index in [1.165, 1.54) is 12.1 Å². The van der Waals surface area contributed by atoms with E-state index in [1.807, 2.05) is 0 Å². The summed E-state index contributed by atoms with van der Waals surface area (Å²) in [7, 11) is 0. The van der Waals surface area contributed by atoms with Gasteiger partial charge >= 0.3 is 0 Å². The van der Waals surface area contributed by atoms with Crippen LogP contribution in [-0.4, -0.2) is 42.0 Å². The standard InChI is InChI=1S/C12H13FN2O4/c13-11-8-10(15(17)18)2-1-9(11)7-12(16)14-3-5-19-6-4-14/h1-2,8H,3-7H2. The number of non-ortho nitro benzene ring substituents is 1. The van der Waals surface area contributed by atoms with Crippen molar-refractivity contribution in [2.24, 2.45) is 0 Å². The summed E-state index contributed by atoms with van der Waals surface area (Å²) < 4.78 is 18.8. The zero-order valence-corrected chi connectivity index (χ0v) is 10.2. The first-order valence-corrected chi connectivity index (χ1v) is 5.86. The number of carbonyl (C=O) groups excluding carboxylic acids is 1. The van der Waals surface area contributed by atoms with E-state index in [-0.39, 0.29) is 23.6 Å². The van der Waals surface area contributed by atoms with Gasteiger partial charge in [0.05, 0.1) is 30.6 Å². The average molecular weight is 268 g/mol. The van der Waals surface area contributed by atoms with Crippen LogP contribution in [-0.2, 0) is 16.0 Å². The van der Waals surface area contributed by atoms with Crippen molar-refractivity contribution in [3.05, 3.63) is 39.7 Å². The van der Waals surface area contributed by atoms with E-state index >= 15 is 0 Å². The minimum absolute atomic E-state index is 0.0934. The normalized spacial score (nSPS) is 15.3.